The van der Waals surface area contributed by atoms with E-state index in [1.807, 2.05) is 0 Å². The molecule has 116 valence electrons. The van der Waals surface area contributed by atoms with Gasteiger partial charge in [-0.2, -0.15) is 0 Å². The number of imidazole rings is 1. The van der Waals surface area contributed by atoms with E-state index in [1.54, 1.807) is 6.07 Å². The highest BCUT2D eigenvalue weighted by Crippen LogP contribution is 2.36. The first-order valence-electron chi connectivity index (χ1n) is 6.98. The lowest BCUT2D eigenvalue weighted by Gasteiger charge is -2.35. The summed E-state index contributed by atoms with van der Waals surface area (Å²) >= 11 is 9.29. The van der Waals surface area contributed by atoms with Crippen LogP contribution in [0.5, 0.6) is 0 Å². The zero-order valence-corrected chi connectivity index (χ0v) is 15.4. The van der Waals surface area contributed by atoms with Crippen LogP contribution < -0.4 is 0 Å². The monoisotopic (exact) mass is 374 g/mol. The van der Waals surface area contributed by atoms with E-state index in [0.717, 1.165) is 23.3 Å². The first-order chi connectivity index (χ1) is 9.55. The molecular weight excluding hydrogens is 355 g/mol. The van der Waals surface area contributed by atoms with E-state index in [4.69, 9.17) is 11.6 Å². The van der Waals surface area contributed by atoms with Crippen molar-refractivity contribution in [3.05, 3.63) is 28.2 Å². The Morgan fingerprint density at radius 1 is 1.24 bits per heavy atom. The van der Waals surface area contributed by atoms with Crippen LogP contribution in [0, 0.1) is 11.2 Å². The minimum atomic E-state index is -0.281. The normalized spacial score (nSPS) is 13.1. The Balaban J connectivity index is 2.69. The van der Waals surface area contributed by atoms with Crippen LogP contribution in [0.1, 0.15) is 46.9 Å². The summed E-state index contributed by atoms with van der Waals surface area (Å²) in [6.07, 6.45) is 0.938. The molecule has 21 heavy (non-hydrogen) atoms. The van der Waals surface area contributed by atoms with Gasteiger partial charge in [0.2, 0.25) is 0 Å². The number of aromatic nitrogens is 2. The molecule has 2 nitrogen and oxygen atoms in total. The minimum Gasteiger partial charge on any atom is -0.321 e. The molecule has 1 aromatic carbocycles. The molecule has 2 rings (SSSR count). The lowest BCUT2D eigenvalue weighted by Crippen LogP contribution is -2.32. The molecule has 0 saturated heterocycles. The molecule has 5 heteroatoms. The third-order valence-corrected chi connectivity index (χ3v) is 4.30. The zero-order chi connectivity index (χ0) is 16.0. The maximum absolute atomic E-state index is 13.9. The molecule has 0 N–H and O–H groups in total. The van der Waals surface area contributed by atoms with Gasteiger partial charge in [0.25, 0.3) is 0 Å². The van der Waals surface area contributed by atoms with Crippen LogP contribution >= 0.6 is 27.5 Å². The first-order valence-corrected chi connectivity index (χ1v) is 8.31. The van der Waals surface area contributed by atoms with E-state index in [0.29, 0.717) is 10.4 Å². The molecule has 0 saturated carbocycles. The molecule has 0 aliphatic rings. The Labute approximate surface area is 138 Å². The summed E-state index contributed by atoms with van der Waals surface area (Å²) in [6, 6.07) is 3.25. The number of alkyl halides is 1. The maximum atomic E-state index is 13.9. The standard InChI is InChI=1S/C16H21BrClFN2/c1-15(2,3)9-16(4,5)21-13-7-11(19)10(17)6-12(13)20-14(21)8-18/h6-7H,8-9H2,1-5H3. The fourth-order valence-electron chi connectivity index (χ4n) is 3.26. The van der Waals surface area contributed by atoms with Crippen molar-refractivity contribution in [1.82, 2.24) is 9.55 Å². The number of benzene rings is 1. The van der Waals surface area contributed by atoms with Gasteiger partial charge < -0.3 is 4.57 Å². The lowest BCUT2D eigenvalue weighted by atomic mass is 9.81. The summed E-state index contributed by atoms with van der Waals surface area (Å²) in [4.78, 5) is 4.56. The molecule has 0 aliphatic heterocycles. The van der Waals surface area contributed by atoms with Gasteiger partial charge in [0.15, 0.2) is 0 Å². The molecule has 0 aliphatic carbocycles. The van der Waals surface area contributed by atoms with Crippen molar-refractivity contribution >= 4 is 38.6 Å². The molecule has 2 aromatic rings. The van der Waals surface area contributed by atoms with Crippen molar-refractivity contribution in [3.63, 3.8) is 0 Å². The summed E-state index contributed by atoms with van der Waals surface area (Å²) in [6.45, 7) is 10.9. The number of rotatable bonds is 3. The second-order valence-corrected chi connectivity index (χ2v) is 8.42. The van der Waals surface area contributed by atoms with Gasteiger partial charge in [-0.05, 0) is 47.7 Å². The van der Waals surface area contributed by atoms with Crippen molar-refractivity contribution in [3.8, 4) is 0 Å². The third kappa shape index (κ3) is 3.42. The van der Waals surface area contributed by atoms with Gasteiger partial charge >= 0.3 is 0 Å². The third-order valence-electron chi connectivity index (χ3n) is 3.45. The molecule has 0 radical (unpaired) electrons. The summed E-state index contributed by atoms with van der Waals surface area (Å²) < 4.78 is 16.5. The SMILES string of the molecule is CC(C)(C)CC(C)(C)n1c(CCl)nc2cc(Br)c(F)cc21. The van der Waals surface area contributed by atoms with E-state index in [2.05, 4.69) is 60.1 Å². The number of halogens is 3. The largest absolute Gasteiger partial charge is 0.321 e. The summed E-state index contributed by atoms with van der Waals surface area (Å²) in [5.74, 6) is 0.802. The number of nitrogens with zero attached hydrogens (tertiary/aromatic N) is 2. The van der Waals surface area contributed by atoms with Gasteiger partial charge in [0.1, 0.15) is 11.6 Å². The van der Waals surface area contributed by atoms with Crippen molar-refractivity contribution in [1.29, 1.82) is 0 Å². The lowest BCUT2D eigenvalue weighted by molar-refractivity contribution is 0.216. The van der Waals surface area contributed by atoms with Gasteiger partial charge in [0.05, 0.1) is 21.4 Å². The molecule has 0 bridgehead atoms. The fraction of sp³-hybridized carbons (Fsp3) is 0.562. The van der Waals surface area contributed by atoms with E-state index < -0.39 is 0 Å². The second kappa shape index (κ2) is 5.54. The average molecular weight is 376 g/mol. The van der Waals surface area contributed by atoms with Gasteiger partial charge in [-0.15, -0.1) is 11.6 Å². The zero-order valence-electron chi connectivity index (χ0n) is 13.1. The second-order valence-electron chi connectivity index (χ2n) is 7.30. The smallest absolute Gasteiger partial charge is 0.139 e. The van der Waals surface area contributed by atoms with E-state index in [-0.39, 0.29) is 16.8 Å². The predicted molar refractivity (Wildman–Crippen MR) is 90.3 cm³/mol. The first kappa shape index (κ1) is 16.8. The van der Waals surface area contributed by atoms with Crippen molar-refractivity contribution in [2.24, 2.45) is 5.41 Å². The number of hydrogen-bond donors (Lipinski definition) is 0. The van der Waals surface area contributed by atoms with Crippen molar-refractivity contribution < 1.29 is 4.39 Å². The van der Waals surface area contributed by atoms with E-state index in [9.17, 15) is 4.39 Å². The Bertz CT molecular complexity index is 671. The average Bonchev–Trinajstić information content (AvgIpc) is 2.65. The van der Waals surface area contributed by atoms with Crippen LogP contribution in [0.3, 0.4) is 0 Å². The van der Waals surface area contributed by atoms with Crippen LogP contribution in [0.2, 0.25) is 0 Å². The molecule has 1 heterocycles. The van der Waals surface area contributed by atoms with Crippen LogP contribution in [0.15, 0.2) is 16.6 Å². The highest BCUT2D eigenvalue weighted by molar-refractivity contribution is 9.10. The van der Waals surface area contributed by atoms with Crippen molar-refractivity contribution in [2.45, 2.75) is 52.5 Å². The minimum absolute atomic E-state index is 0.150. The van der Waals surface area contributed by atoms with Crippen LogP contribution in [-0.4, -0.2) is 9.55 Å². The Hall–Kier alpha value is -0.610. The molecule has 0 fully saturated rings. The van der Waals surface area contributed by atoms with E-state index >= 15 is 0 Å². The Morgan fingerprint density at radius 3 is 2.38 bits per heavy atom. The predicted octanol–water partition coefficient (Wildman–Crippen LogP) is 5.85. The number of fused-ring (bicyclic) bond motifs is 1. The van der Waals surface area contributed by atoms with E-state index in [1.165, 1.54) is 6.07 Å². The molecule has 1 aromatic heterocycles. The van der Waals surface area contributed by atoms with Gasteiger partial charge in [-0.1, -0.05) is 20.8 Å². The highest BCUT2D eigenvalue weighted by Gasteiger charge is 2.31. The summed E-state index contributed by atoms with van der Waals surface area (Å²) in [5.41, 5.74) is 1.51. The van der Waals surface area contributed by atoms with Crippen LogP contribution in [0.4, 0.5) is 4.39 Å². The molecule has 0 spiro atoms. The molecule has 0 atom stereocenters. The topological polar surface area (TPSA) is 17.8 Å². The summed E-state index contributed by atoms with van der Waals surface area (Å²) in [5, 5.41) is 0. The van der Waals surface area contributed by atoms with Gasteiger partial charge in [-0.3, -0.25) is 0 Å². The van der Waals surface area contributed by atoms with Crippen LogP contribution in [0.25, 0.3) is 11.0 Å². The summed E-state index contributed by atoms with van der Waals surface area (Å²) in [7, 11) is 0. The Morgan fingerprint density at radius 2 is 1.86 bits per heavy atom. The molecular formula is C16H21BrClFN2. The molecule has 0 unspecified atom stereocenters. The van der Waals surface area contributed by atoms with Gasteiger partial charge in [0, 0.05) is 11.6 Å². The van der Waals surface area contributed by atoms with Gasteiger partial charge in [-0.25, -0.2) is 9.37 Å². The van der Waals surface area contributed by atoms with Crippen LogP contribution in [-0.2, 0) is 11.4 Å². The number of hydrogen-bond acceptors (Lipinski definition) is 1. The Kier molecular flexibility index (Phi) is 4.42. The maximum Gasteiger partial charge on any atom is 0.139 e. The van der Waals surface area contributed by atoms with Crippen molar-refractivity contribution in [2.75, 3.05) is 0 Å². The molecule has 0 amide bonds. The highest BCUT2D eigenvalue weighted by atomic mass is 79.9. The fourth-order valence-corrected chi connectivity index (χ4v) is 3.78. The quantitative estimate of drug-likeness (QED) is 0.615.